The van der Waals surface area contributed by atoms with E-state index in [1.807, 2.05) is 11.8 Å². The molecule has 3 atom stereocenters. The smallest absolute Gasteiger partial charge is 0.332 e. The van der Waals surface area contributed by atoms with Gasteiger partial charge in [-0.1, -0.05) is 11.6 Å². The minimum Gasteiger partial charge on any atom is -0.377 e. The van der Waals surface area contributed by atoms with Gasteiger partial charge >= 0.3 is 5.69 Å². The summed E-state index contributed by atoms with van der Waals surface area (Å²) in [4.78, 5) is 52.6. The van der Waals surface area contributed by atoms with Gasteiger partial charge in [-0.05, 0) is 12.8 Å². The van der Waals surface area contributed by atoms with Crippen molar-refractivity contribution < 1.29 is 32.2 Å². The Kier molecular flexibility index (Phi) is 13.5. The Bertz CT molecular complexity index is 1900. The van der Waals surface area contributed by atoms with Crippen molar-refractivity contribution in [2.75, 3.05) is 57.7 Å². The van der Waals surface area contributed by atoms with Crippen LogP contribution in [0.2, 0.25) is 0 Å². The van der Waals surface area contributed by atoms with Gasteiger partial charge in [0.25, 0.3) is 5.56 Å². The highest BCUT2D eigenvalue weighted by molar-refractivity contribution is 8.00. The van der Waals surface area contributed by atoms with Crippen LogP contribution in [0.3, 0.4) is 0 Å². The number of amides is 2. The van der Waals surface area contributed by atoms with Crippen LogP contribution in [0.15, 0.2) is 20.9 Å². The molecule has 0 bridgehead atoms. The predicted molar refractivity (Wildman–Crippen MR) is 187 cm³/mol. The number of fused-ring (bicyclic) bond motifs is 2. The van der Waals surface area contributed by atoms with Crippen molar-refractivity contribution in [2.24, 2.45) is 27.1 Å². The molecule has 5 heterocycles. The first-order chi connectivity index (χ1) is 24.5. The second kappa shape index (κ2) is 17.8. The topological polar surface area (TPSA) is 213 Å². The highest BCUT2D eigenvalue weighted by atomic mass is 32.2. The van der Waals surface area contributed by atoms with Crippen LogP contribution in [0.4, 0.5) is 0 Å². The maximum absolute atomic E-state index is 13.1. The SMILES string of the molecule is Cn1c(=O)c2c(nc(S(=O)(=O)CCc3cn(CCOCCOCCOCCNC(=O)CCCC[C@@H]4SCC5NC(=O)CC54)nn3)n2C)n(C)c1=O. The number of carbonyl (C=O) groups is 2. The Morgan fingerprint density at radius 3 is 2.49 bits per heavy atom. The number of imidazole rings is 1. The maximum Gasteiger partial charge on any atom is 0.332 e. The Morgan fingerprint density at radius 1 is 1.00 bits per heavy atom. The molecule has 0 radical (unpaired) electrons. The third-order valence-electron chi connectivity index (χ3n) is 9.10. The van der Waals surface area contributed by atoms with E-state index in [2.05, 4.69) is 25.9 Å². The minimum atomic E-state index is -3.91. The lowest BCUT2D eigenvalue weighted by Gasteiger charge is -2.15. The zero-order valence-electron chi connectivity index (χ0n) is 29.2. The zero-order valence-corrected chi connectivity index (χ0v) is 30.9. The molecule has 2 aliphatic heterocycles. The molecular formula is C31H47N9O9S2. The predicted octanol–water partition coefficient (Wildman–Crippen LogP) is -1.07. The fraction of sp³-hybridized carbons (Fsp3) is 0.710. The summed E-state index contributed by atoms with van der Waals surface area (Å²) in [5.74, 6) is 1.34. The molecule has 282 valence electrons. The van der Waals surface area contributed by atoms with Gasteiger partial charge in [0, 0.05) is 76.1 Å². The van der Waals surface area contributed by atoms with Crippen LogP contribution in [0.5, 0.6) is 0 Å². The molecule has 2 amide bonds. The van der Waals surface area contributed by atoms with Crippen LogP contribution in [-0.4, -0.2) is 123 Å². The standard InChI is InChI=1S/C31H47N9O9S2/c1-37-27-28(38(2)31(44)39(3)29(27)43)34-30(37)51(45,46)17-8-21-19-40(36-35-21)10-12-48-14-16-49-15-13-47-11-9-32-25(41)7-5-4-6-24-22-18-26(42)33-23(22)20-50-24/h19,22-24H,4-18,20H2,1-3H3,(H,32,41)(H,33,42)/t22?,23?,24-/m0/s1. The molecule has 0 aromatic carbocycles. The van der Waals surface area contributed by atoms with Crippen LogP contribution in [0.1, 0.15) is 37.8 Å². The molecule has 18 nitrogen and oxygen atoms in total. The molecule has 5 rings (SSSR count). The normalized spacial score (nSPS) is 18.8. The van der Waals surface area contributed by atoms with E-state index >= 15 is 0 Å². The van der Waals surface area contributed by atoms with Gasteiger partial charge in [-0.15, -0.1) is 5.10 Å². The summed E-state index contributed by atoms with van der Waals surface area (Å²) in [7, 11) is 0.273. The Balaban J connectivity index is 0.863. The van der Waals surface area contributed by atoms with Gasteiger partial charge in [-0.25, -0.2) is 17.9 Å². The van der Waals surface area contributed by atoms with Crippen LogP contribution < -0.4 is 21.9 Å². The Hall–Kier alpha value is -3.59. The highest BCUT2D eigenvalue weighted by Crippen LogP contribution is 2.40. The summed E-state index contributed by atoms with van der Waals surface area (Å²) in [6.07, 6.45) is 5.74. The number of ether oxygens (including phenoxy) is 3. The highest BCUT2D eigenvalue weighted by Gasteiger charge is 2.42. The molecule has 2 N–H and O–H groups in total. The molecule has 3 aromatic rings. The van der Waals surface area contributed by atoms with Crippen molar-refractivity contribution in [3.63, 3.8) is 0 Å². The van der Waals surface area contributed by atoms with E-state index in [1.54, 1.807) is 10.9 Å². The monoisotopic (exact) mass is 753 g/mol. The second-order valence-corrected chi connectivity index (χ2v) is 16.0. The van der Waals surface area contributed by atoms with Crippen LogP contribution in [-0.2, 0) is 67.7 Å². The number of rotatable bonds is 21. The first kappa shape index (κ1) is 38.6. The fourth-order valence-electron chi connectivity index (χ4n) is 6.28. The summed E-state index contributed by atoms with van der Waals surface area (Å²) >= 11 is 1.95. The summed E-state index contributed by atoms with van der Waals surface area (Å²) < 4.78 is 47.6. The summed E-state index contributed by atoms with van der Waals surface area (Å²) in [5.41, 5.74) is -0.720. The quantitative estimate of drug-likeness (QED) is 0.124. The number of aryl methyl sites for hydroxylation is 3. The van der Waals surface area contributed by atoms with E-state index in [-0.39, 0.29) is 40.3 Å². The number of carbonyl (C=O) groups excluding carboxylic acids is 2. The van der Waals surface area contributed by atoms with Gasteiger partial charge in [-0.2, -0.15) is 16.7 Å². The molecule has 51 heavy (non-hydrogen) atoms. The van der Waals surface area contributed by atoms with E-state index in [9.17, 15) is 27.6 Å². The molecule has 2 saturated heterocycles. The number of thioether (sulfide) groups is 1. The van der Waals surface area contributed by atoms with Crippen molar-refractivity contribution >= 4 is 44.6 Å². The maximum atomic E-state index is 13.1. The van der Waals surface area contributed by atoms with Crippen molar-refractivity contribution in [3.8, 4) is 0 Å². The summed E-state index contributed by atoms with van der Waals surface area (Å²) in [6, 6.07) is 0.336. The molecule has 2 unspecified atom stereocenters. The van der Waals surface area contributed by atoms with Crippen LogP contribution >= 0.6 is 11.8 Å². The van der Waals surface area contributed by atoms with Crippen molar-refractivity contribution in [3.05, 3.63) is 32.7 Å². The van der Waals surface area contributed by atoms with Gasteiger partial charge in [0.05, 0.1) is 57.6 Å². The first-order valence-electron chi connectivity index (χ1n) is 17.1. The number of hydrogen-bond acceptors (Lipinski definition) is 13. The third kappa shape index (κ3) is 9.85. The van der Waals surface area contributed by atoms with Crippen molar-refractivity contribution in [1.82, 2.24) is 44.3 Å². The molecule has 0 saturated carbocycles. The zero-order chi connectivity index (χ0) is 36.5. The summed E-state index contributed by atoms with van der Waals surface area (Å²) in [5, 5.41) is 14.2. The molecular weight excluding hydrogens is 707 g/mol. The summed E-state index contributed by atoms with van der Waals surface area (Å²) in [6.45, 7) is 3.19. The molecule has 3 aromatic heterocycles. The van der Waals surface area contributed by atoms with E-state index in [0.29, 0.717) is 88.5 Å². The molecule has 2 aliphatic rings. The Morgan fingerprint density at radius 2 is 1.73 bits per heavy atom. The van der Waals surface area contributed by atoms with Gasteiger partial charge in [-0.3, -0.25) is 23.5 Å². The Labute approximate surface area is 299 Å². The molecule has 20 heteroatoms. The van der Waals surface area contributed by atoms with Crippen molar-refractivity contribution in [2.45, 2.75) is 61.5 Å². The van der Waals surface area contributed by atoms with E-state index in [0.717, 1.165) is 34.1 Å². The van der Waals surface area contributed by atoms with Gasteiger partial charge in [0.15, 0.2) is 11.2 Å². The first-order valence-corrected chi connectivity index (χ1v) is 19.8. The lowest BCUT2D eigenvalue weighted by molar-refractivity contribution is -0.121. The number of sulfone groups is 1. The fourth-order valence-corrected chi connectivity index (χ4v) is 9.33. The molecule has 0 aliphatic carbocycles. The van der Waals surface area contributed by atoms with Gasteiger partial charge in [0.2, 0.25) is 26.8 Å². The van der Waals surface area contributed by atoms with E-state index in [1.165, 1.54) is 25.7 Å². The number of nitrogens with zero attached hydrogens (tertiary/aromatic N) is 7. The van der Waals surface area contributed by atoms with E-state index < -0.39 is 21.1 Å². The van der Waals surface area contributed by atoms with Crippen molar-refractivity contribution in [1.29, 1.82) is 0 Å². The minimum absolute atomic E-state index is 0.00373. The van der Waals surface area contributed by atoms with Crippen LogP contribution in [0.25, 0.3) is 11.2 Å². The van der Waals surface area contributed by atoms with E-state index in [4.69, 9.17) is 14.2 Å². The number of unbranched alkanes of at least 4 members (excludes halogenated alkanes) is 1. The van der Waals surface area contributed by atoms with Crippen LogP contribution in [0, 0.1) is 5.92 Å². The number of hydrogen-bond donors (Lipinski definition) is 2. The third-order valence-corrected chi connectivity index (χ3v) is 12.3. The largest absolute Gasteiger partial charge is 0.377 e. The number of nitrogens with one attached hydrogen (secondary N) is 2. The average molecular weight is 754 g/mol. The van der Waals surface area contributed by atoms with Gasteiger partial charge < -0.3 is 29.4 Å². The van der Waals surface area contributed by atoms with Gasteiger partial charge in [0.1, 0.15) is 0 Å². The second-order valence-electron chi connectivity index (χ2n) is 12.7. The molecule has 0 spiro atoms. The molecule has 2 fully saturated rings. The lowest BCUT2D eigenvalue weighted by atomic mass is 9.94. The average Bonchev–Trinajstić information content (AvgIpc) is 3.88. The lowest BCUT2D eigenvalue weighted by Crippen LogP contribution is -2.37. The number of aromatic nitrogens is 7.